The van der Waals surface area contributed by atoms with Crippen molar-refractivity contribution in [2.75, 3.05) is 11.9 Å². The minimum absolute atomic E-state index is 0.0589. The summed E-state index contributed by atoms with van der Waals surface area (Å²) in [5.74, 6) is 0.276. The first kappa shape index (κ1) is 19.3. The van der Waals surface area contributed by atoms with Crippen LogP contribution in [0.25, 0.3) is 0 Å². The zero-order valence-corrected chi connectivity index (χ0v) is 16.1. The Morgan fingerprint density at radius 3 is 2.59 bits per heavy atom. The first-order chi connectivity index (χ1) is 13.0. The lowest BCUT2D eigenvalue weighted by Gasteiger charge is -2.08. The van der Waals surface area contributed by atoms with Gasteiger partial charge in [0, 0.05) is 17.1 Å². The number of rotatable bonds is 6. The first-order valence-corrected chi connectivity index (χ1v) is 9.64. The molecule has 1 atom stereocenters. The van der Waals surface area contributed by atoms with E-state index in [1.54, 1.807) is 48.5 Å². The molecule has 0 radical (unpaired) electrons. The molecule has 0 aliphatic carbocycles. The van der Waals surface area contributed by atoms with Crippen LogP contribution in [0.3, 0.4) is 0 Å². The number of halogens is 1. The minimum atomic E-state index is -0.515. The zero-order chi connectivity index (χ0) is 19.2. The van der Waals surface area contributed by atoms with E-state index in [9.17, 15) is 9.59 Å². The molecule has 140 valence electrons. The highest BCUT2D eigenvalue weighted by Gasteiger charge is 2.32. The molecule has 1 heterocycles. The average molecular weight is 404 g/mol. The molecule has 2 aromatic rings. The molecule has 3 rings (SSSR count). The minimum Gasteiger partial charge on any atom is -0.494 e. The summed E-state index contributed by atoms with van der Waals surface area (Å²) < 4.78 is 5.37. The molecule has 2 aromatic carbocycles. The Kier molecular flexibility index (Phi) is 6.36. The maximum Gasteiger partial charge on any atom is 0.240 e. The average Bonchev–Trinajstić information content (AvgIpc) is 2.98. The lowest BCUT2D eigenvalue weighted by atomic mass is 10.2. The number of amides is 2. The van der Waals surface area contributed by atoms with E-state index in [-0.39, 0.29) is 18.2 Å². The molecule has 0 spiro atoms. The van der Waals surface area contributed by atoms with Crippen molar-refractivity contribution in [1.82, 2.24) is 5.32 Å². The van der Waals surface area contributed by atoms with Gasteiger partial charge in [-0.15, -0.1) is 0 Å². The Morgan fingerprint density at radius 2 is 1.93 bits per heavy atom. The molecule has 0 aromatic heterocycles. The number of aliphatic imine (C=N–C) groups is 1. The van der Waals surface area contributed by atoms with Gasteiger partial charge in [-0.05, 0) is 55.5 Å². The van der Waals surface area contributed by atoms with Crippen LogP contribution < -0.4 is 15.4 Å². The molecule has 1 fully saturated rings. The van der Waals surface area contributed by atoms with Crippen LogP contribution in [0.4, 0.5) is 11.4 Å². The van der Waals surface area contributed by atoms with E-state index in [2.05, 4.69) is 15.6 Å². The van der Waals surface area contributed by atoms with Gasteiger partial charge in [0.2, 0.25) is 11.8 Å². The summed E-state index contributed by atoms with van der Waals surface area (Å²) in [7, 11) is 0. The summed E-state index contributed by atoms with van der Waals surface area (Å²) in [4.78, 5) is 28.7. The van der Waals surface area contributed by atoms with Crippen LogP contribution in [0, 0.1) is 0 Å². The van der Waals surface area contributed by atoms with Gasteiger partial charge >= 0.3 is 0 Å². The SMILES string of the molecule is CCOc1ccc(NC(=O)C[C@H]2SC(=Nc3ccc(Cl)cc3)NC2=O)cc1. The van der Waals surface area contributed by atoms with E-state index >= 15 is 0 Å². The van der Waals surface area contributed by atoms with Crippen molar-refractivity contribution in [2.24, 2.45) is 4.99 Å². The highest BCUT2D eigenvalue weighted by atomic mass is 35.5. The van der Waals surface area contributed by atoms with Gasteiger partial charge in [0.05, 0.1) is 12.3 Å². The van der Waals surface area contributed by atoms with E-state index in [1.165, 1.54) is 11.8 Å². The lowest BCUT2D eigenvalue weighted by molar-refractivity contribution is -0.122. The summed E-state index contributed by atoms with van der Waals surface area (Å²) >= 11 is 7.09. The molecule has 8 heteroatoms. The number of ether oxygens (including phenoxy) is 1. The molecule has 6 nitrogen and oxygen atoms in total. The van der Waals surface area contributed by atoms with Crippen molar-refractivity contribution in [2.45, 2.75) is 18.6 Å². The number of thioether (sulfide) groups is 1. The maximum absolute atomic E-state index is 12.2. The van der Waals surface area contributed by atoms with Crippen molar-refractivity contribution in [3.63, 3.8) is 0 Å². The van der Waals surface area contributed by atoms with Crippen LogP contribution in [0.2, 0.25) is 5.02 Å². The quantitative estimate of drug-likeness (QED) is 0.764. The smallest absolute Gasteiger partial charge is 0.240 e. The largest absolute Gasteiger partial charge is 0.494 e. The van der Waals surface area contributed by atoms with Gasteiger partial charge in [-0.25, -0.2) is 4.99 Å². The van der Waals surface area contributed by atoms with Crippen molar-refractivity contribution < 1.29 is 14.3 Å². The first-order valence-electron chi connectivity index (χ1n) is 8.38. The molecule has 1 aliphatic rings. The second kappa shape index (κ2) is 8.92. The van der Waals surface area contributed by atoms with Gasteiger partial charge in [-0.2, -0.15) is 0 Å². The Morgan fingerprint density at radius 1 is 1.22 bits per heavy atom. The van der Waals surface area contributed by atoms with Crippen LogP contribution in [0.5, 0.6) is 5.75 Å². The third-order valence-corrected chi connectivity index (χ3v) is 4.99. The zero-order valence-electron chi connectivity index (χ0n) is 14.6. The molecule has 27 heavy (non-hydrogen) atoms. The number of nitrogens with zero attached hydrogens (tertiary/aromatic N) is 1. The van der Waals surface area contributed by atoms with Gasteiger partial charge in [0.1, 0.15) is 11.0 Å². The van der Waals surface area contributed by atoms with E-state index in [1.807, 2.05) is 6.92 Å². The third-order valence-electron chi connectivity index (χ3n) is 3.65. The number of hydrogen-bond acceptors (Lipinski definition) is 5. The van der Waals surface area contributed by atoms with Crippen molar-refractivity contribution >= 4 is 51.7 Å². The fourth-order valence-corrected chi connectivity index (χ4v) is 3.52. The van der Waals surface area contributed by atoms with Crippen molar-refractivity contribution in [1.29, 1.82) is 0 Å². The fraction of sp³-hybridized carbons (Fsp3) is 0.211. The van der Waals surface area contributed by atoms with E-state index in [4.69, 9.17) is 16.3 Å². The van der Waals surface area contributed by atoms with Crippen LogP contribution in [-0.2, 0) is 9.59 Å². The van der Waals surface area contributed by atoms with E-state index in [0.717, 1.165) is 5.75 Å². The highest BCUT2D eigenvalue weighted by Crippen LogP contribution is 2.26. The normalized spacial score (nSPS) is 17.6. The Labute approximate surface area is 166 Å². The summed E-state index contributed by atoms with van der Waals surface area (Å²) in [6.45, 7) is 2.49. The predicted octanol–water partition coefficient (Wildman–Crippen LogP) is 3.99. The lowest BCUT2D eigenvalue weighted by Crippen LogP contribution is -2.28. The molecule has 2 N–H and O–H groups in total. The summed E-state index contributed by atoms with van der Waals surface area (Å²) in [6.07, 6.45) is 0.0589. The molecule has 0 saturated carbocycles. The molecule has 0 unspecified atom stereocenters. The van der Waals surface area contributed by atoms with Crippen LogP contribution >= 0.6 is 23.4 Å². The Balaban J connectivity index is 1.56. The number of carbonyl (C=O) groups excluding carboxylic acids is 2. The fourth-order valence-electron chi connectivity index (χ4n) is 2.41. The standard InChI is InChI=1S/C19H18ClN3O3S/c1-2-26-15-9-7-13(8-10-15)21-17(24)11-16-18(25)23-19(27-16)22-14-5-3-12(20)4-6-14/h3-10,16H,2,11H2,1H3,(H,21,24)(H,22,23,25)/t16-/m1/s1. The summed E-state index contributed by atoms with van der Waals surface area (Å²) in [5, 5.41) is 6.06. The molecular weight excluding hydrogens is 386 g/mol. The monoisotopic (exact) mass is 403 g/mol. The van der Waals surface area contributed by atoms with Gasteiger partial charge < -0.3 is 15.4 Å². The Hall–Kier alpha value is -2.51. The number of amidine groups is 1. The second-order valence-electron chi connectivity index (χ2n) is 5.70. The number of carbonyl (C=O) groups is 2. The van der Waals surface area contributed by atoms with Crippen molar-refractivity contribution in [3.8, 4) is 5.75 Å². The van der Waals surface area contributed by atoms with Gasteiger partial charge in [-0.3, -0.25) is 9.59 Å². The topological polar surface area (TPSA) is 79.8 Å². The van der Waals surface area contributed by atoms with Crippen LogP contribution in [0.1, 0.15) is 13.3 Å². The molecular formula is C19H18ClN3O3S. The number of hydrogen-bond donors (Lipinski definition) is 2. The number of anilines is 1. The van der Waals surface area contributed by atoms with E-state index < -0.39 is 5.25 Å². The highest BCUT2D eigenvalue weighted by molar-refractivity contribution is 8.15. The van der Waals surface area contributed by atoms with Gasteiger partial charge in [0.25, 0.3) is 0 Å². The number of benzene rings is 2. The van der Waals surface area contributed by atoms with Gasteiger partial charge in [-0.1, -0.05) is 23.4 Å². The van der Waals surface area contributed by atoms with Crippen molar-refractivity contribution in [3.05, 3.63) is 53.6 Å². The third kappa shape index (κ3) is 5.48. The maximum atomic E-state index is 12.2. The summed E-state index contributed by atoms with van der Waals surface area (Å²) in [5.41, 5.74) is 1.34. The summed E-state index contributed by atoms with van der Waals surface area (Å²) in [6, 6.07) is 14.1. The Bertz CT molecular complexity index is 854. The number of nitrogens with one attached hydrogen (secondary N) is 2. The molecule has 2 amide bonds. The molecule has 0 bridgehead atoms. The second-order valence-corrected chi connectivity index (χ2v) is 7.33. The van der Waals surface area contributed by atoms with Crippen LogP contribution in [-0.4, -0.2) is 28.8 Å². The molecule has 1 aliphatic heterocycles. The van der Waals surface area contributed by atoms with Gasteiger partial charge in [0.15, 0.2) is 5.17 Å². The van der Waals surface area contributed by atoms with Crippen LogP contribution in [0.15, 0.2) is 53.5 Å². The van der Waals surface area contributed by atoms with E-state index in [0.29, 0.717) is 28.2 Å². The predicted molar refractivity (Wildman–Crippen MR) is 109 cm³/mol. The molecule has 1 saturated heterocycles.